The highest BCUT2D eigenvalue weighted by atomic mass is 35.5. The fraction of sp³-hybridized carbons (Fsp3) is 0.261. The average Bonchev–Trinajstić information content (AvgIpc) is 3.23. The van der Waals surface area contributed by atoms with Gasteiger partial charge in [-0.3, -0.25) is 4.79 Å². The van der Waals surface area contributed by atoms with E-state index in [4.69, 9.17) is 20.9 Å². The molecule has 0 aliphatic carbocycles. The van der Waals surface area contributed by atoms with Crippen LogP contribution in [-0.4, -0.2) is 42.2 Å². The van der Waals surface area contributed by atoms with Crippen LogP contribution in [0.2, 0.25) is 5.02 Å². The van der Waals surface area contributed by atoms with Crippen molar-refractivity contribution in [1.82, 2.24) is 15.4 Å². The molecule has 4 rings (SSSR count). The van der Waals surface area contributed by atoms with Crippen LogP contribution < -0.4 is 15.4 Å². The van der Waals surface area contributed by atoms with Gasteiger partial charge >= 0.3 is 6.03 Å². The van der Waals surface area contributed by atoms with E-state index in [1.807, 2.05) is 30.3 Å². The normalized spacial score (nSPS) is 12.8. The Bertz CT molecular complexity index is 1120. The molecule has 1 aromatic heterocycles. The van der Waals surface area contributed by atoms with Gasteiger partial charge in [0.2, 0.25) is 0 Å². The zero-order valence-electron chi connectivity index (χ0n) is 17.6. The molecule has 8 nitrogen and oxygen atoms in total. The van der Waals surface area contributed by atoms with E-state index in [2.05, 4.69) is 15.8 Å². The van der Waals surface area contributed by atoms with Crippen molar-refractivity contribution in [2.24, 2.45) is 0 Å². The highest BCUT2D eigenvalue weighted by Crippen LogP contribution is 2.29. The number of aromatic nitrogens is 1. The number of nitrogens with one attached hydrogen (secondary N) is 2. The second-order valence-corrected chi connectivity index (χ2v) is 7.81. The van der Waals surface area contributed by atoms with Gasteiger partial charge in [0.15, 0.2) is 5.69 Å². The first-order valence-electron chi connectivity index (χ1n) is 10.2. The number of amides is 3. The van der Waals surface area contributed by atoms with Crippen LogP contribution in [0.15, 0.2) is 53.1 Å². The van der Waals surface area contributed by atoms with E-state index in [1.54, 1.807) is 23.1 Å². The lowest BCUT2D eigenvalue weighted by atomic mass is 10.1. The van der Waals surface area contributed by atoms with Gasteiger partial charge in [0.1, 0.15) is 11.5 Å². The Morgan fingerprint density at radius 3 is 2.81 bits per heavy atom. The largest absolute Gasteiger partial charge is 0.495 e. The second-order valence-electron chi connectivity index (χ2n) is 7.37. The topological polar surface area (TPSA) is 96.7 Å². The lowest BCUT2D eigenvalue weighted by Gasteiger charge is -2.26. The number of hydrogen-bond donors (Lipinski definition) is 2. The minimum absolute atomic E-state index is 0.214. The molecule has 3 aromatic rings. The SMILES string of the molecule is COc1ccc(Cl)cc1NC(=O)N1CCc2onc(C(=O)NCCc3ccccc3)c2C1. The van der Waals surface area contributed by atoms with Gasteiger partial charge in [-0.15, -0.1) is 0 Å². The molecular weight excluding hydrogens is 432 g/mol. The summed E-state index contributed by atoms with van der Waals surface area (Å²) in [6, 6.07) is 14.6. The molecule has 3 amide bonds. The first kappa shape index (κ1) is 21.7. The Kier molecular flexibility index (Phi) is 6.61. The summed E-state index contributed by atoms with van der Waals surface area (Å²) in [5.74, 6) is 0.816. The lowest BCUT2D eigenvalue weighted by molar-refractivity contribution is 0.0943. The third kappa shape index (κ3) is 4.86. The van der Waals surface area contributed by atoms with E-state index < -0.39 is 0 Å². The molecule has 2 heterocycles. The van der Waals surface area contributed by atoms with E-state index in [-0.39, 0.29) is 24.2 Å². The molecule has 2 aromatic carbocycles. The van der Waals surface area contributed by atoms with Gasteiger partial charge in [0.25, 0.3) is 5.91 Å². The van der Waals surface area contributed by atoms with Gasteiger partial charge in [-0.1, -0.05) is 47.1 Å². The number of anilines is 1. The van der Waals surface area contributed by atoms with Crippen LogP contribution in [0.25, 0.3) is 0 Å². The smallest absolute Gasteiger partial charge is 0.322 e. The minimum Gasteiger partial charge on any atom is -0.495 e. The van der Waals surface area contributed by atoms with Crippen LogP contribution in [0.5, 0.6) is 5.75 Å². The van der Waals surface area contributed by atoms with E-state index in [9.17, 15) is 9.59 Å². The molecule has 0 fully saturated rings. The van der Waals surface area contributed by atoms with Gasteiger partial charge in [0.05, 0.1) is 19.3 Å². The molecule has 0 atom stereocenters. The van der Waals surface area contributed by atoms with Gasteiger partial charge in [-0.05, 0) is 30.2 Å². The number of rotatable bonds is 6. The van der Waals surface area contributed by atoms with E-state index in [0.29, 0.717) is 53.7 Å². The number of methoxy groups -OCH3 is 1. The minimum atomic E-state index is -0.326. The summed E-state index contributed by atoms with van der Waals surface area (Å²) in [6.07, 6.45) is 1.18. The Hall–Kier alpha value is -3.52. The number of ether oxygens (including phenoxy) is 1. The third-order valence-electron chi connectivity index (χ3n) is 5.27. The number of carbonyl (C=O) groups is 2. The van der Waals surface area contributed by atoms with Gasteiger partial charge < -0.3 is 24.8 Å². The van der Waals surface area contributed by atoms with E-state index in [0.717, 1.165) is 5.56 Å². The summed E-state index contributed by atoms with van der Waals surface area (Å²) in [5, 5.41) is 10.1. The van der Waals surface area contributed by atoms with E-state index >= 15 is 0 Å². The zero-order valence-corrected chi connectivity index (χ0v) is 18.3. The predicted molar refractivity (Wildman–Crippen MR) is 120 cm³/mol. The number of carbonyl (C=O) groups excluding carboxylic acids is 2. The Morgan fingerprint density at radius 2 is 2.03 bits per heavy atom. The molecule has 2 N–H and O–H groups in total. The van der Waals surface area contributed by atoms with Crippen LogP contribution in [-0.2, 0) is 19.4 Å². The molecule has 9 heteroatoms. The number of fused-ring (bicyclic) bond motifs is 1. The molecule has 0 radical (unpaired) electrons. The summed E-state index contributed by atoms with van der Waals surface area (Å²) >= 11 is 6.05. The number of urea groups is 1. The Balaban J connectivity index is 1.40. The molecular formula is C23H23ClN4O4. The Labute approximate surface area is 190 Å². The fourth-order valence-electron chi connectivity index (χ4n) is 3.58. The molecule has 0 spiro atoms. The first-order valence-corrected chi connectivity index (χ1v) is 10.6. The number of nitrogens with zero attached hydrogens (tertiary/aromatic N) is 2. The Morgan fingerprint density at radius 1 is 1.22 bits per heavy atom. The average molecular weight is 455 g/mol. The van der Waals surface area contributed by atoms with Crippen LogP contribution in [0.1, 0.15) is 27.4 Å². The van der Waals surface area contributed by atoms with Crippen LogP contribution in [0.4, 0.5) is 10.5 Å². The molecule has 32 heavy (non-hydrogen) atoms. The highest BCUT2D eigenvalue weighted by molar-refractivity contribution is 6.31. The van der Waals surface area contributed by atoms with Crippen molar-refractivity contribution in [3.8, 4) is 5.75 Å². The summed E-state index contributed by atoms with van der Waals surface area (Å²) in [4.78, 5) is 27.1. The molecule has 1 aliphatic heterocycles. The summed E-state index contributed by atoms with van der Waals surface area (Å²) in [6.45, 7) is 1.13. The number of halogens is 1. The zero-order chi connectivity index (χ0) is 22.5. The van der Waals surface area contributed by atoms with Gasteiger partial charge in [-0.25, -0.2) is 4.79 Å². The summed E-state index contributed by atoms with van der Waals surface area (Å²) in [7, 11) is 1.52. The van der Waals surface area contributed by atoms with Crippen molar-refractivity contribution >= 4 is 29.2 Å². The second kappa shape index (κ2) is 9.74. The molecule has 1 aliphatic rings. The third-order valence-corrected chi connectivity index (χ3v) is 5.51. The number of hydrogen-bond acceptors (Lipinski definition) is 5. The standard InChI is InChI=1S/C23H23ClN4O4/c1-31-20-8-7-16(24)13-18(20)26-23(30)28-12-10-19-17(14-28)21(27-32-19)22(29)25-11-9-15-5-3-2-4-6-15/h2-8,13H,9-12,14H2,1H3,(H,25,29)(H,26,30). The van der Waals surface area contributed by atoms with Gasteiger partial charge in [0, 0.05) is 30.1 Å². The quantitative estimate of drug-likeness (QED) is 0.588. The summed E-state index contributed by atoms with van der Waals surface area (Å²) < 4.78 is 10.6. The highest BCUT2D eigenvalue weighted by Gasteiger charge is 2.30. The monoisotopic (exact) mass is 454 g/mol. The maximum absolute atomic E-state index is 12.9. The maximum Gasteiger partial charge on any atom is 0.322 e. The van der Waals surface area contributed by atoms with Crippen LogP contribution in [0, 0.1) is 0 Å². The van der Waals surface area contributed by atoms with Crippen molar-refractivity contribution in [2.45, 2.75) is 19.4 Å². The molecule has 166 valence electrons. The van der Waals surface area contributed by atoms with E-state index in [1.165, 1.54) is 7.11 Å². The van der Waals surface area contributed by atoms with Gasteiger partial charge in [-0.2, -0.15) is 0 Å². The summed E-state index contributed by atoms with van der Waals surface area (Å²) in [5.41, 5.74) is 2.45. The van der Waals surface area contributed by atoms with Crippen molar-refractivity contribution < 1.29 is 18.8 Å². The maximum atomic E-state index is 12.9. The van der Waals surface area contributed by atoms with Crippen molar-refractivity contribution in [3.63, 3.8) is 0 Å². The fourth-order valence-corrected chi connectivity index (χ4v) is 3.75. The van der Waals surface area contributed by atoms with Crippen molar-refractivity contribution in [1.29, 1.82) is 0 Å². The molecule has 0 saturated heterocycles. The van der Waals surface area contributed by atoms with Crippen molar-refractivity contribution in [3.05, 3.63) is 76.1 Å². The van der Waals surface area contributed by atoms with Crippen molar-refractivity contribution in [2.75, 3.05) is 25.5 Å². The predicted octanol–water partition coefficient (Wildman–Crippen LogP) is 3.90. The lowest BCUT2D eigenvalue weighted by Crippen LogP contribution is -2.39. The molecule has 0 bridgehead atoms. The molecule has 0 unspecified atom stereocenters. The first-order chi connectivity index (χ1) is 15.5. The van der Waals surface area contributed by atoms with Crippen LogP contribution >= 0.6 is 11.6 Å². The molecule has 0 saturated carbocycles. The van der Waals surface area contributed by atoms with Crippen LogP contribution in [0.3, 0.4) is 0 Å². The number of benzene rings is 2.